The molecule has 0 unspecified atom stereocenters. The Labute approximate surface area is 128 Å². The lowest BCUT2D eigenvalue weighted by atomic mass is 10.1. The summed E-state index contributed by atoms with van der Waals surface area (Å²) >= 11 is 5.76. The Hall–Kier alpha value is -2.01. The van der Waals surface area contributed by atoms with E-state index in [1.807, 2.05) is 0 Å². The molecule has 0 bridgehead atoms. The zero-order chi connectivity index (χ0) is 16.0. The van der Waals surface area contributed by atoms with Gasteiger partial charge in [0, 0.05) is 5.02 Å². The Morgan fingerprint density at radius 2 is 1.86 bits per heavy atom. The number of carbonyl (C=O) groups excluding carboxylic acids is 1. The van der Waals surface area contributed by atoms with Crippen LogP contribution in [-0.2, 0) is 9.53 Å². The van der Waals surface area contributed by atoms with Gasteiger partial charge in [0.1, 0.15) is 5.60 Å². The van der Waals surface area contributed by atoms with Crippen LogP contribution in [0.4, 0.5) is 4.79 Å². The van der Waals surface area contributed by atoms with Gasteiger partial charge in [-0.15, -0.1) is 0 Å². The average Bonchev–Trinajstić information content (AvgIpc) is 2.34. The molecule has 0 fully saturated rings. The van der Waals surface area contributed by atoms with Crippen molar-refractivity contribution in [3.63, 3.8) is 0 Å². The second-order valence-corrected chi connectivity index (χ2v) is 5.82. The van der Waals surface area contributed by atoms with Crippen molar-refractivity contribution in [3.8, 4) is 0 Å². The van der Waals surface area contributed by atoms with Gasteiger partial charge >= 0.3 is 12.1 Å². The smallest absolute Gasteiger partial charge is 0.407 e. The van der Waals surface area contributed by atoms with Gasteiger partial charge in [0.2, 0.25) is 0 Å². The molecular formula is C15H18ClNO4. The SMILES string of the molecule is CC(C)(C)OC(=O)NC/C(=C\c1ccc(Cl)cc1)C(=O)O. The van der Waals surface area contributed by atoms with Crippen LogP contribution in [0.25, 0.3) is 6.08 Å². The first-order chi connectivity index (χ1) is 9.67. The third-order valence-corrected chi connectivity index (χ3v) is 2.56. The molecule has 0 aliphatic heterocycles. The number of rotatable bonds is 4. The minimum atomic E-state index is -1.11. The predicted octanol–water partition coefficient (Wildman–Crippen LogP) is 3.33. The van der Waals surface area contributed by atoms with Crippen molar-refractivity contribution in [1.82, 2.24) is 5.32 Å². The third-order valence-electron chi connectivity index (χ3n) is 2.31. The van der Waals surface area contributed by atoms with Crippen molar-refractivity contribution in [3.05, 3.63) is 40.4 Å². The molecule has 2 N–H and O–H groups in total. The molecule has 0 saturated carbocycles. The molecule has 1 amide bonds. The highest BCUT2D eigenvalue weighted by atomic mass is 35.5. The maximum absolute atomic E-state index is 11.5. The molecule has 5 nitrogen and oxygen atoms in total. The largest absolute Gasteiger partial charge is 0.478 e. The number of alkyl carbamates (subject to hydrolysis) is 1. The number of benzene rings is 1. The lowest BCUT2D eigenvalue weighted by molar-refractivity contribution is -0.132. The molecule has 1 rings (SSSR count). The van der Waals surface area contributed by atoms with Crippen molar-refractivity contribution in [2.24, 2.45) is 0 Å². The van der Waals surface area contributed by atoms with Crippen molar-refractivity contribution >= 4 is 29.7 Å². The third kappa shape index (κ3) is 6.81. The van der Waals surface area contributed by atoms with Crippen LogP contribution in [0.15, 0.2) is 29.8 Å². The van der Waals surface area contributed by atoms with Crippen LogP contribution in [0.3, 0.4) is 0 Å². The van der Waals surface area contributed by atoms with E-state index in [0.717, 1.165) is 0 Å². The highest BCUT2D eigenvalue weighted by molar-refractivity contribution is 6.30. The van der Waals surface area contributed by atoms with E-state index in [9.17, 15) is 9.59 Å². The van der Waals surface area contributed by atoms with Gasteiger partial charge in [-0.25, -0.2) is 9.59 Å². The van der Waals surface area contributed by atoms with Crippen LogP contribution in [0.5, 0.6) is 0 Å². The average molecular weight is 312 g/mol. The van der Waals surface area contributed by atoms with Crippen LogP contribution < -0.4 is 5.32 Å². The van der Waals surface area contributed by atoms with E-state index >= 15 is 0 Å². The first-order valence-corrected chi connectivity index (χ1v) is 6.71. The van der Waals surface area contributed by atoms with E-state index in [2.05, 4.69) is 5.32 Å². The van der Waals surface area contributed by atoms with E-state index in [4.69, 9.17) is 21.4 Å². The maximum Gasteiger partial charge on any atom is 0.407 e. The molecular weight excluding hydrogens is 294 g/mol. The van der Waals surface area contributed by atoms with E-state index in [-0.39, 0.29) is 12.1 Å². The summed E-state index contributed by atoms with van der Waals surface area (Å²) in [6, 6.07) is 6.71. The van der Waals surface area contributed by atoms with Gasteiger partial charge < -0.3 is 15.2 Å². The monoisotopic (exact) mass is 311 g/mol. The number of amides is 1. The second kappa shape index (κ2) is 7.13. The Kier molecular flexibility index (Phi) is 5.79. The number of carboxylic acid groups (broad SMARTS) is 1. The summed E-state index contributed by atoms with van der Waals surface area (Å²) in [7, 11) is 0. The maximum atomic E-state index is 11.5. The Bertz CT molecular complexity index is 544. The first-order valence-electron chi connectivity index (χ1n) is 6.33. The van der Waals surface area contributed by atoms with Crippen molar-refractivity contribution in [2.45, 2.75) is 26.4 Å². The van der Waals surface area contributed by atoms with Gasteiger partial charge in [0.05, 0.1) is 12.1 Å². The fraction of sp³-hybridized carbons (Fsp3) is 0.333. The molecule has 0 atom stereocenters. The number of carbonyl (C=O) groups is 2. The summed E-state index contributed by atoms with van der Waals surface area (Å²) in [5.74, 6) is -1.11. The molecule has 0 radical (unpaired) electrons. The number of ether oxygens (including phenoxy) is 1. The van der Waals surface area contributed by atoms with Gasteiger partial charge in [0.25, 0.3) is 0 Å². The molecule has 6 heteroatoms. The number of carboxylic acids is 1. The standard InChI is InChI=1S/C15H18ClNO4/c1-15(2,3)21-14(20)17-9-11(13(18)19)8-10-4-6-12(16)7-5-10/h4-8H,9H2,1-3H3,(H,17,20)(H,18,19)/b11-8+. The highest BCUT2D eigenvalue weighted by Crippen LogP contribution is 2.13. The van der Waals surface area contributed by atoms with Crippen LogP contribution in [-0.4, -0.2) is 29.3 Å². The summed E-state index contributed by atoms with van der Waals surface area (Å²) in [5.41, 5.74) is 0.0962. The zero-order valence-electron chi connectivity index (χ0n) is 12.1. The fourth-order valence-corrected chi connectivity index (χ4v) is 1.56. The predicted molar refractivity (Wildman–Crippen MR) is 81.3 cm³/mol. The van der Waals surface area contributed by atoms with Gasteiger partial charge in [0.15, 0.2) is 0 Å². The van der Waals surface area contributed by atoms with E-state index in [1.165, 1.54) is 6.08 Å². The molecule has 21 heavy (non-hydrogen) atoms. The molecule has 0 aliphatic rings. The molecule has 0 saturated heterocycles. The lowest BCUT2D eigenvalue weighted by Crippen LogP contribution is -2.34. The number of halogens is 1. The summed E-state index contributed by atoms with van der Waals surface area (Å²) in [6.07, 6.45) is 0.807. The first kappa shape index (κ1) is 17.0. The van der Waals surface area contributed by atoms with Gasteiger partial charge in [-0.3, -0.25) is 0 Å². The molecule has 1 aromatic rings. The lowest BCUT2D eigenvalue weighted by Gasteiger charge is -2.19. The minimum Gasteiger partial charge on any atom is -0.478 e. The number of hydrogen-bond acceptors (Lipinski definition) is 3. The Morgan fingerprint density at radius 1 is 1.29 bits per heavy atom. The summed E-state index contributed by atoms with van der Waals surface area (Å²) in [5, 5.41) is 12.1. The molecule has 1 aromatic carbocycles. The fourth-order valence-electron chi connectivity index (χ4n) is 1.43. The molecule has 0 aromatic heterocycles. The van der Waals surface area contributed by atoms with Crippen molar-refractivity contribution < 1.29 is 19.4 Å². The quantitative estimate of drug-likeness (QED) is 0.836. The van der Waals surface area contributed by atoms with Crippen LogP contribution in [0.2, 0.25) is 5.02 Å². The Morgan fingerprint density at radius 3 is 2.33 bits per heavy atom. The molecule has 0 heterocycles. The normalized spacial score (nSPS) is 11.9. The highest BCUT2D eigenvalue weighted by Gasteiger charge is 2.17. The summed E-state index contributed by atoms with van der Waals surface area (Å²) in [4.78, 5) is 22.7. The topological polar surface area (TPSA) is 75.6 Å². The summed E-state index contributed by atoms with van der Waals surface area (Å²) in [6.45, 7) is 5.06. The molecule has 114 valence electrons. The minimum absolute atomic E-state index is 0.0446. The summed E-state index contributed by atoms with van der Waals surface area (Å²) < 4.78 is 5.05. The number of nitrogens with one attached hydrogen (secondary N) is 1. The van der Waals surface area contributed by atoms with E-state index in [1.54, 1.807) is 45.0 Å². The second-order valence-electron chi connectivity index (χ2n) is 5.38. The van der Waals surface area contributed by atoms with Crippen LogP contribution in [0, 0.1) is 0 Å². The number of hydrogen-bond donors (Lipinski definition) is 2. The zero-order valence-corrected chi connectivity index (χ0v) is 12.9. The van der Waals surface area contributed by atoms with Gasteiger partial charge in [-0.2, -0.15) is 0 Å². The van der Waals surface area contributed by atoms with E-state index in [0.29, 0.717) is 10.6 Å². The van der Waals surface area contributed by atoms with Crippen molar-refractivity contribution in [2.75, 3.05) is 6.54 Å². The van der Waals surface area contributed by atoms with Crippen molar-refractivity contribution in [1.29, 1.82) is 0 Å². The molecule has 0 aliphatic carbocycles. The van der Waals surface area contributed by atoms with Crippen LogP contribution >= 0.6 is 11.6 Å². The number of aliphatic carboxylic acids is 1. The van der Waals surface area contributed by atoms with Gasteiger partial charge in [-0.1, -0.05) is 23.7 Å². The van der Waals surface area contributed by atoms with E-state index < -0.39 is 17.7 Å². The van der Waals surface area contributed by atoms with Crippen LogP contribution in [0.1, 0.15) is 26.3 Å². The molecule has 0 spiro atoms. The van der Waals surface area contributed by atoms with Gasteiger partial charge in [-0.05, 0) is 44.5 Å². The Balaban J connectivity index is 2.73.